The lowest BCUT2D eigenvalue weighted by Gasteiger charge is -2.34. The summed E-state index contributed by atoms with van der Waals surface area (Å²) < 4.78 is 10.3. The van der Waals surface area contributed by atoms with E-state index in [1.807, 2.05) is 6.07 Å². The molecular formula is C18H18N2O6. The first-order chi connectivity index (χ1) is 12.5. The van der Waals surface area contributed by atoms with Gasteiger partial charge in [-0.25, -0.2) is 0 Å². The number of benzene rings is 1. The van der Waals surface area contributed by atoms with Crippen LogP contribution in [0.4, 0.5) is 0 Å². The highest BCUT2D eigenvalue weighted by Crippen LogP contribution is 2.51. The van der Waals surface area contributed by atoms with Gasteiger partial charge in [-0.15, -0.1) is 0 Å². The summed E-state index contributed by atoms with van der Waals surface area (Å²) in [7, 11) is 1.17. The molecule has 1 aromatic carbocycles. The van der Waals surface area contributed by atoms with E-state index in [-0.39, 0.29) is 12.3 Å². The van der Waals surface area contributed by atoms with E-state index >= 15 is 0 Å². The lowest BCUT2D eigenvalue weighted by Crippen LogP contribution is -2.49. The van der Waals surface area contributed by atoms with E-state index in [9.17, 15) is 19.7 Å². The molecule has 8 heteroatoms. The molecule has 26 heavy (non-hydrogen) atoms. The van der Waals surface area contributed by atoms with Crippen LogP contribution in [0.25, 0.3) is 0 Å². The highest BCUT2D eigenvalue weighted by Gasteiger charge is 2.64. The van der Waals surface area contributed by atoms with E-state index < -0.39 is 40.6 Å². The topological polar surface area (TPSA) is 112 Å². The van der Waals surface area contributed by atoms with Gasteiger partial charge in [0.25, 0.3) is 0 Å². The summed E-state index contributed by atoms with van der Waals surface area (Å²) in [5.74, 6) is -2.94. The van der Waals surface area contributed by atoms with Crippen molar-refractivity contribution in [2.45, 2.75) is 11.8 Å². The Balaban J connectivity index is 2.22. The van der Waals surface area contributed by atoms with Gasteiger partial charge in [-0.05, 0) is 17.7 Å². The molecule has 3 atom stereocenters. The van der Waals surface area contributed by atoms with Crippen LogP contribution in [0.15, 0.2) is 53.1 Å². The highest BCUT2D eigenvalue weighted by molar-refractivity contribution is 6.06. The molecule has 0 saturated carbocycles. The van der Waals surface area contributed by atoms with E-state index in [0.29, 0.717) is 0 Å². The van der Waals surface area contributed by atoms with Gasteiger partial charge in [0, 0.05) is 17.4 Å². The first-order valence-corrected chi connectivity index (χ1v) is 8.08. The molecule has 0 aliphatic carbocycles. The third-order valence-electron chi connectivity index (χ3n) is 4.89. The maximum absolute atomic E-state index is 12.9. The second kappa shape index (κ2) is 6.99. The van der Waals surface area contributed by atoms with Crippen LogP contribution < -0.4 is 5.32 Å². The van der Waals surface area contributed by atoms with Crippen molar-refractivity contribution < 1.29 is 23.7 Å². The maximum Gasteiger partial charge on any atom is 0.323 e. The SMILES string of the molecule is COC(=O)[C@@]1([C@H](C[N+](=O)[O-])c2ccco2)C(=O)NC[C@@H]1c1ccccc1. The Labute approximate surface area is 149 Å². The zero-order valence-corrected chi connectivity index (χ0v) is 14.1. The highest BCUT2D eigenvalue weighted by atomic mass is 16.6. The first kappa shape index (κ1) is 17.7. The average Bonchev–Trinajstić information content (AvgIpc) is 3.28. The minimum absolute atomic E-state index is 0.173. The lowest BCUT2D eigenvalue weighted by atomic mass is 9.64. The number of methoxy groups -OCH3 is 1. The molecule has 2 heterocycles. The van der Waals surface area contributed by atoms with Crippen molar-refractivity contribution in [3.63, 3.8) is 0 Å². The molecule has 1 aromatic heterocycles. The van der Waals surface area contributed by atoms with Crippen LogP contribution in [0.5, 0.6) is 0 Å². The molecule has 1 saturated heterocycles. The Morgan fingerprint density at radius 3 is 2.69 bits per heavy atom. The van der Waals surface area contributed by atoms with E-state index in [2.05, 4.69) is 5.32 Å². The number of hydrogen-bond donors (Lipinski definition) is 1. The molecule has 1 amide bonds. The van der Waals surface area contributed by atoms with Gasteiger partial charge in [0.05, 0.1) is 13.4 Å². The normalized spacial score (nSPS) is 23.3. The summed E-state index contributed by atoms with van der Waals surface area (Å²) >= 11 is 0. The van der Waals surface area contributed by atoms with Crippen molar-refractivity contribution in [1.29, 1.82) is 0 Å². The van der Waals surface area contributed by atoms with Crippen molar-refractivity contribution in [2.24, 2.45) is 5.41 Å². The van der Waals surface area contributed by atoms with Gasteiger partial charge in [0.1, 0.15) is 11.7 Å². The van der Waals surface area contributed by atoms with E-state index in [1.54, 1.807) is 30.3 Å². The third kappa shape index (κ3) is 2.73. The van der Waals surface area contributed by atoms with Gasteiger partial charge in [0.15, 0.2) is 5.41 Å². The van der Waals surface area contributed by atoms with Crippen molar-refractivity contribution in [3.8, 4) is 0 Å². The molecule has 1 N–H and O–H groups in total. The number of furan rings is 1. The average molecular weight is 358 g/mol. The quantitative estimate of drug-likeness (QED) is 0.364. The Morgan fingerprint density at radius 2 is 2.12 bits per heavy atom. The molecule has 0 bridgehead atoms. The molecule has 0 radical (unpaired) electrons. The largest absolute Gasteiger partial charge is 0.469 e. The fraction of sp³-hybridized carbons (Fsp3) is 0.333. The summed E-state index contributed by atoms with van der Waals surface area (Å²) in [4.78, 5) is 36.6. The molecule has 0 unspecified atom stereocenters. The van der Waals surface area contributed by atoms with E-state index in [4.69, 9.17) is 9.15 Å². The number of nitro groups is 1. The van der Waals surface area contributed by atoms with Gasteiger partial charge in [-0.3, -0.25) is 19.7 Å². The monoisotopic (exact) mass is 358 g/mol. The molecule has 1 fully saturated rings. The number of nitrogens with zero attached hydrogens (tertiary/aromatic N) is 1. The Bertz CT molecular complexity index is 804. The maximum atomic E-state index is 12.9. The van der Waals surface area contributed by atoms with E-state index in [1.165, 1.54) is 19.4 Å². The summed E-state index contributed by atoms with van der Waals surface area (Å²) in [6, 6.07) is 12.1. The Kier molecular flexibility index (Phi) is 4.75. The number of nitrogens with one attached hydrogen (secondary N) is 1. The van der Waals surface area contributed by atoms with Crippen LogP contribution in [0.1, 0.15) is 23.2 Å². The molecule has 1 aliphatic rings. The smallest absolute Gasteiger partial charge is 0.323 e. The second-order valence-corrected chi connectivity index (χ2v) is 6.12. The summed E-state index contributed by atoms with van der Waals surface area (Å²) in [5, 5.41) is 14.0. The lowest BCUT2D eigenvalue weighted by molar-refractivity contribution is -0.486. The number of carbonyl (C=O) groups excluding carboxylic acids is 2. The van der Waals surface area contributed by atoms with Crippen LogP contribution in [0, 0.1) is 15.5 Å². The second-order valence-electron chi connectivity index (χ2n) is 6.12. The zero-order valence-electron chi connectivity index (χ0n) is 14.1. The minimum atomic E-state index is -1.79. The van der Waals surface area contributed by atoms with Gasteiger partial charge in [-0.1, -0.05) is 30.3 Å². The number of amides is 1. The Morgan fingerprint density at radius 1 is 1.38 bits per heavy atom. The molecule has 1 aliphatic heterocycles. The molecule has 136 valence electrons. The predicted molar refractivity (Wildman–Crippen MR) is 90.0 cm³/mol. The summed E-state index contributed by atoms with van der Waals surface area (Å²) in [6.07, 6.45) is 1.36. The number of carbonyl (C=O) groups is 2. The van der Waals surface area contributed by atoms with Gasteiger partial charge >= 0.3 is 5.97 Å². The first-order valence-electron chi connectivity index (χ1n) is 8.08. The molecular weight excluding hydrogens is 340 g/mol. The van der Waals surface area contributed by atoms with Crippen molar-refractivity contribution in [3.05, 3.63) is 70.2 Å². The molecule has 0 spiro atoms. The number of hydrogen-bond acceptors (Lipinski definition) is 6. The third-order valence-corrected chi connectivity index (χ3v) is 4.89. The number of esters is 1. The standard InChI is InChI=1S/C18H18N2O6/c1-25-17(22)18(14(11-20(23)24)15-8-5-9-26-15)13(10-19-16(18)21)12-6-3-2-4-7-12/h2-9,13-14H,10-11H2,1H3,(H,19,21)/t13-,14-,18+/m1/s1. The van der Waals surface area contributed by atoms with Crippen LogP contribution in [0.3, 0.4) is 0 Å². The Hall–Kier alpha value is -3.16. The molecule has 2 aromatic rings. The predicted octanol–water partition coefficient (Wildman–Crippen LogP) is 1.71. The van der Waals surface area contributed by atoms with Gasteiger partial charge in [-0.2, -0.15) is 0 Å². The fourth-order valence-electron chi connectivity index (χ4n) is 3.77. The van der Waals surface area contributed by atoms with Crippen molar-refractivity contribution >= 4 is 11.9 Å². The number of ether oxygens (including phenoxy) is 1. The minimum Gasteiger partial charge on any atom is -0.469 e. The van der Waals surface area contributed by atoms with Crippen LogP contribution in [0.2, 0.25) is 0 Å². The van der Waals surface area contributed by atoms with Crippen LogP contribution in [-0.4, -0.2) is 37.0 Å². The fourth-order valence-corrected chi connectivity index (χ4v) is 3.77. The summed E-state index contributed by atoms with van der Waals surface area (Å²) in [5.41, 5.74) is -1.07. The van der Waals surface area contributed by atoms with Gasteiger partial charge < -0.3 is 14.5 Å². The zero-order chi connectivity index (χ0) is 18.7. The van der Waals surface area contributed by atoms with Crippen LogP contribution >= 0.6 is 0 Å². The van der Waals surface area contributed by atoms with E-state index in [0.717, 1.165) is 5.56 Å². The number of rotatable bonds is 6. The van der Waals surface area contributed by atoms with Gasteiger partial charge in [0.2, 0.25) is 12.5 Å². The summed E-state index contributed by atoms with van der Waals surface area (Å²) in [6.45, 7) is -0.466. The van der Waals surface area contributed by atoms with Crippen molar-refractivity contribution in [1.82, 2.24) is 5.32 Å². The van der Waals surface area contributed by atoms with Crippen LogP contribution in [-0.2, 0) is 14.3 Å². The molecule has 8 nitrogen and oxygen atoms in total. The van der Waals surface area contributed by atoms with Crippen molar-refractivity contribution in [2.75, 3.05) is 20.2 Å². The molecule has 3 rings (SSSR count).